The molecule has 17 heavy (non-hydrogen) atoms. The number of carboxylic acids is 1. The number of carboxylic acid groups (broad SMARTS) is 1. The van der Waals surface area contributed by atoms with Gasteiger partial charge in [0.1, 0.15) is 0 Å². The van der Waals surface area contributed by atoms with Crippen molar-refractivity contribution in [2.24, 2.45) is 17.8 Å². The van der Waals surface area contributed by atoms with Crippen LogP contribution in [0, 0.1) is 17.8 Å². The molecule has 0 saturated carbocycles. The molecule has 0 aromatic heterocycles. The minimum Gasteiger partial charge on any atom is -0.481 e. The SMILES string of the molecule is CC(CC(=O)O)CC(=O)N1CCC(C(C)C)C1. The molecule has 1 fully saturated rings. The van der Waals surface area contributed by atoms with E-state index in [9.17, 15) is 9.59 Å². The van der Waals surface area contributed by atoms with Crippen LogP contribution < -0.4 is 0 Å². The highest BCUT2D eigenvalue weighted by Gasteiger charge is 2.28. The molecule has 1 N–H and O–H groups in total. The molecule has 0 aliphatic carbocycles. The minimum atomic E-state index is -0.827. The van der Waals surface area contributed by atoms with Crippen LogP contribution >= 0.6 is 0 Å². The van der Waals surface area contributed by atoms with Crippen molar-refractivity contribution in [2.75, 3.05) is 13.1 Å². The first-order valence-corrected chi connectivity index (χ1v) is 6.39. The van der Waals surface area contributed by atoms with Crippen molar-refractivity contribution in [3.63, 3.8) is 0 Å². The zero-order chi connectivity index (χ0) is 13.0. The highest BCUT2D eigenvalue weighted by Crippen LogP contribution is 2.24. The summed E-state index contributed by atoms with van der Waals surface area (Å²) < 4.78 is 0. The number of hydrogen-bond acceptors (Lipinski definition) is 2. The lowest BCUT2D eigenvalue weighted by molar-refractivity contribution is -0.138. The molecule has 0 bridgehead atoms. The lowest BCUT2D eigenvalue weighted by Gasteiger charge is -2.19. The molecule has 0 radical (unpaired) electrons. The van der Waals surface area contributed by atoms with E-state index in [0.29, 0.717) is 18.3 Å². The fraction of sp³-hybridized carbons (Fsp3) is 0.846. The van der Waals surface area contributed by atoms with E-state index in [1.54, 1.807) is 0 Å². The molecule has 2 unspecified atom stereocenters. The Kier molecular flexibility index (Phi) is 4.97. The summed E-state index contributed by atoms with van der Waals surface area (Å²) in [4.78, 5) is 24.4. The summed E-state index contributed by atoms with van der Waals surface area (Å²) in [6.07, 6.45) is 1.51. The topological polar surface area (TPSA) is 57.6 Å². The molecule has 1 aliphatic heterocycles. The van der Waals surface area contributed by atoms with Crippen LogP contribution in [0.5, 0.6) is 0 Å². The maximum Gasteiger partial charge on any atom is 0.303 e. The number of carbonyl (C=O) groups is 2. The van der Waals surface area contributed by atoms with E-state index in [2.05, 4.69) is 13.8 Å². The van der Waals surface area contributed by atoms with Gasteiger partial charge in [-0.05, 0) is 24.2 Å². The van der Waals surface area contributed by atoms with Gasteiger partial charge in [-0.15, -0.1) is 0 Å². The van der Waals surface area contributed by atoms with Crippen LogP contribution in [-0.4, -0.2) is 35.0 Å². The summed E-state index contributed by atoms with van der Waals surface area (Å²) in [6, 6.07) is 0. The zero-order valence-corrected chi connectivity index (χ0v) is 11.0. The molecule has 2 atom stereocenters. The molecule has 0 aromatic rings. The number of nitrogens with zero attached hydrogens (tertiary/aromatic N) is 1. The Morgan fingerprint density at radius 2 is 1.94 bits per heavy atom. The lowest BCUT2D eigenvalue weighted by atomic mass is 9.95. The van der Waals surface area contributed by atoms with Crippen LogP contribution in [0.2, 0.25) is 0 Å². The van der Waals surface area contributed by atoms with Crippen LogP contribution in [0.3, 0.4) is 0 Å². The largest absolute Gasteiger partial charge is 0.481 e. The molecule has 4 heteroatoms. The van der Waals surface area contributed by atoms with Crippen molar-refractivity contribution < 1.29 is 14.7 Å². The van der Waals surface area contributed by atoms with Crippen molar-refractivity contribution in [3.8, 4) is 0 Å². The van der Waals surface area contributed by atoms with Gasteiger partial charge in [-0.1, -0.05) is 20.8 Å². The van der Waals surface area contributed by atoms with Crippen molar-refractivity contribution in [2.45, 2.75) is 40.0 Å². The molecule has 1 heterocycles. The molecular weight excluding hydrogens is 218 g/mol. The average Bonchev–Trinajstić information content (AvgIpc) is 2.64. The Labute approximate surface area is 103 Å². The van der Waals surface area contributed by atoms with E-state index in [4.69, 9.17) is 5.11 Å². The summed E-state index contributed by atoms with van der Waals surface area (Å²) >= 11 is 0. The minimum absolute atomic E-state index is 0.0712. The van der Waals surface area contributed by atoms with Gasteiger partial charge < -0.3 is 10.0 Å². The third-order valence-electron chi connectivity index (χ3n) is 3.57. The number of rotatable bonds is 5. The summed E-state index contributed by atoms with van der Waals surface area (Å²) in [5.41, 5.74) is 0. The van der Waals surface area contributed by atoms with Crippen LogP contribution in [0.1, 0.15) is 40.0 Å². The summed E-state index contributed by atoms with van der Waals surface area (Å²) in [6.45, 7) is 7.87. The molecule has 98 valence electrons. The first kappa shape index (κ1) is 14.0. The summed E-state index contributed by atoms with van der Waals surface area (Å²) in [7, 11) is 0. The third kappa shape index (κ3) is 4.36. The van der Waals surface area contributed by atoms with Gasteiger partial charge in [0.25, 0.3) is 0 Å². The summed E-state index contributed by atoms with van der Waals surface area (Å²) in [5, 5.41) is 8.65. The fourth-order valence-electron chi connectivity index (χ4n) is 2.36. The first-order chi connectivity index (χ1) is 7.90. The molecule has 1 aliphatic rings. The van der Waals surface area contributed by atoms with Crippen molar-refractivity contribution in [1.29, 1.82) is 0 Å². The molecule has 4 nitrogen and oxygen atoms in total. The van der Waals surface area contributed by atoms with Gasteiger partial charge in [0.05, 0.1) is 0 Å². The second-order valence-corrected chi connectivity index (χ2v) is 5.54. The second kappa shape index (κ2) is 6.03. The van der Waals surface area contributed by atoms with Crippen LogP contribution in [0.4, 0.5) is 0 Å². The Morgan fingerprint density at radius 1 is 1.29 bits per heavy atom. The van der Waals surface area contributed by atoms with Gasteiger partial charge in [-0.2, -0.15) is 0 Å². The molecular formula is C13H23NO3. The van der Waals surface area contributed by atoms with E-state index >= 15 is 0 Å². The van der Waals surface area contributed by atoms with E-state index < -0.39 is 5.97 Å². The van der Waals surface area contributed by atoms with E-state index in [1.165, 1.54) is 0 Å². The van der Waals surface area contributed by atoms with Gasteiger partial charge in [0, 0.05) is 25.9 Å². The highest BCUT2D eigenvalue weighted by atomic mass is 16.4. The maximum absolute atomic E-state index is 11.9. The van der Waals surface area contributed by atoms with Crippen LogP contribution in [-0.2, 0) is 9.59 Å². The summed E-state index contributed by atoms with van der Waals surface area (Å²) in [5.74, 6) is 0.435. The van der Waals surface area contributed by atoms with Gasteiger partial charge in [0.15, 0.2) is 0 Å². The number of amides is 1. The molecule has 1 rings (SSSR count). The fourth-order valence-corrected chi connectivity index (χ4v) is 2.36. The van der Waals surface area contributed by atoms with Crippen molar-refractivity contribution in [3.05, 3.63) is 0 Å². The number of hydrogen-bond donors (Lipinski definition) is 1. The second-order valence-electron chi connectivity index (χ2n) is 5.54. The van der Waals surface area contributed by atoms with Crippen molar-refractivity contribution >= 4 is 11.9 Å². The normalized spacial score (nSPS) is 21.9. The van der Waals surface area contributed by atoms with Gasteiger partial charge >= 0.3 is 5.97 Å². The Hall–Kier alpha value is -1.06. The van der Waals surface area contributed by atoms with Crippen LogP contribution in [0.15, 0.2) is 0 Å². The van der Waals surface area contributed by atoms with Gasteiger partial charge in [-0.25, -0.2) is 0 Å². The molecule has 1 saturated heterocycles. The van der Waals surface area contributed by atoms with E-state index in [0.717, 1.165) is 19.5 Å². The zero-order valence-electron chi connectivity index (χ0n) is 11.0. The monoisotopic (exact) mass is 241 g/mol. The molecule has 0 spiro atoms. The molecule has 0 aromatic carbocycles. The Bertz CT molecular complexity index is 288. The number of likely N-dealkylation sites (tertiary alicyclic amines) is 1. The number of aliphatic carboxylic acids is 1. The predicted octanol–water partition coefficient (Wildman–Crippen LogP) is 1.99. The Balaban J connectivity index is 2.36. The van der Waals surface area contributed by atoms with Gasteiger partial charge in [0.2, 0.25) is 5.91 Å². The van der Waals surface area contributed by atoms with Crippen LogP contribution in [0.25, 0.3) is 0 Å². The quantitative estimate of drug-likeness (QED) is 0.800. The molecule has 1 amide bonds. The highest BCUT2D eigenvalue weighted by molar-refractivity contribution is 5.77. The van der Waals surface area contributed by atoms with E-state index in [-0.39, 0.29) is 18.2 Å². The first-order valence-electron chi connectivity index (χ1n) is 6.39. The predicted molar refractivity (Wildman–Crippen MR) is 65.6 cm³/mol. The van der Waals surface area contributed by atoms with Crippen molar-refractivity contribution in [1.82, 2.24) is 4.90 Å². The van der Waals surface area contributed by atoms with E-state index in [1.807, 2.05) is 11.8 Å². The standard InChI is InChI=1S/C13H23NO3/c1-9(2)11-4-5-14(8-11)12(15)6-10(3)7-13(16)17/h9-11H,4-8H2,1-3H3,(H,16,17). The van der Waals surface area contributed by atoms with Gasteiger partial charge in [-0.3, -0.25) is 9.59 Å². The third-order valence-corrected chi connectivity index (χ3v) is 3.57. The smallest absolute Gasteiger partial charge is 0.303 e. The average molecular weight is 241 g/mol. The number of carbonyl (C=O) groups excluding carboxylic acids is 1. The maximum atomic E-state index is 11.9. The lowest BCUT2D eigenvalue weighted by Crippen LogP contribution is -2.30. The Morgan fingerprint density at radius 3 is 2.41 bits per heavy atom.